The third kappa shape index (κ3) is 3.60. The Balaban J connectivity index is 1.47. The van der Waals surface area contributed by atoms with Gasteiger partial charge in [0.25, 0.3) is 0 Å². The number of halogens is 1. The zero-order chi connectivity index (χ0) is 24.1. The molecule has 0 atom stereocenters. The molecule has 4 aromatic carbocycles. The summed E-state index contributed by atoms with van der Waals surface area (Å²) in [6.45, 7) is 0. The van der Waals surface area contributed by atoms with Gasteiger partial charge in [-0.25, -0.2) is 4.98 Å². The predicted molar refractivity (Wildman–Crippen MR) is 146 cm³/mol. The summed E-state index contributed by atoms with van der Waals surface area (Å²) in [5.41, 5.74) is 8.22. The Labute approximate surface area is 211 Å². The van der Waals surface area contributed by atoms with E-state index in [1.165, 1.54) is 0 Å². The minimum atomic E-state index is 0.547. The van der Waals surface area contributed by atoms with Crippen molar-refractivity contribution < 1.29 is 4.42 Å². The zero-order valence-electron chi connectivity index (χ0n) is 19.0. The second kappa shape index (κ2) is 8.29. The minimum Gasteiger partial charge on any atom is -0.436 e. The van der Waals surface area contributed by atoms with Crippen molar-refractivity contribution in [3.05, 3.63) is 114 Å². The molecule has 36 heavy (non-hydrogen) atoms. The highest BCUT2D eigenvalue weighted by Gasteiger charge is 2.17. The largest absolute Gasteiger partial charge is 0.436 e. The van der Waals surface area contributed by atoms with E-state index in [9.17, 15) is 0 Å². The summed E-state index contributed by atoms with van der Waals surface area (Å²) in [5.74, 6) is 0.547. The van der Waals surface area contributed by atoms with Gasteiger partial charge in [-0.2, -0.15) is 0 Å². The molecule has 0 spiro atoms. The molecule has 0 bridgehead atoms. The molecule has 0 fully saturated rings. The van der Waals surface area contributed by atoms with Gasteiger partial charge < -0.3 is 4.42 Å². The van der Waals surface area contributed by atoms with Crippen molar-refractivity contribution in [1.82, 2.24) is 15.0 Å². The van der Waals surface area contributed by atoms with Gasteiger partial charge in [-0.1, -0.05) is 48.0 Å². The van der Waals surface area contributed by atoms with Crippen LogP contribution >= 0.6 is 11.6 Å². The summed E-state index contributed by atoms with van der Waals surface area (Å²) < 4.78 is 6.30. The molecule has 170 valence electrons. The number of pyridine rings is 2. The fourth-order valence-electron chi connectivity index (χ4n) is 4.58. The SMILES string of the molecule is Clc1ccc(-c2nc3c(-c4cnc5ccccc5c4)cc(-c4cnc5ccccc5c4)cc3o2)cc1. The van der Waals surface area contributed by atoms with Gasteiger partial charge in [0.05, 0.1) is 11.0 Å². The molecule has 5 heteroatoms. The molecule has 3 aromatic heterocycles. The molecule has 0 amide bonds. The van der Waals surface area contributed by atoms with Crippen LogP contribution in [0.1, 0.15) is 0 Å². The number of fused-ring (bicyclic) bond motifs is 3. The Morgan fingerprint density at radius 2 is 1.22 bits per heavy atom. The van der Waals surface area contributed by atoms with Crippen molar-refractivity contribution in [3.63, 3.8) is 0 Å². The van der Waals surface area contributed by atoms with Crippen LogP contribution in [-0.4, -0.2) is 15.0 Å². The van der Waals surface area contributed by atoms with E-state index in [1.54, 1.807) is 0 Å². The van der Waals surface area contributed by atoms with Crippen LogP contribution in [0.2, 0.25) is 5.02 Å². The van der Waals surface area contributed by atoms with E-state index in [4.69, 9.17) is 26.0 Å². The second-order valence-electron chi connectivity index (χ2n) is 8.73. The van der Waals surface area contributed by atoms with E-state index in [-0.39, 0.29) is 0 Å². The quantitative estimate of drug-likeness (QED) is 0.252. The Morgan fingerprint density at radius 3 is 1.94 bits per heavy atom. The fourth-order valence-corrected chi connectivity index (χ4v) is 4.71. The molecule has 0 aliphatic rings. The normalized spacial score (nSPS) is 11.5. The molecule has 4 nitrogen and oxygen atoms in total. The lowest BCUT2D eigenvalue weighted by Gasteiger charge is -2.09. The third-order valence-corrected chi connectivity index (χ3v) is 6.66. The lowest BCUT2D eigenvalue weighted by Crippen LogP contribution is -1.88. The van der Waals surface area contributed by atoms with E-state index < -0.39 is 0 Å². The summed E-state index contributed by atoms with van der Waals surface area (Å²) in [5, 5.41) is 2.83. The number of para-hydroxylation sites is 2. The Hall–Kier alpha value is -4.54. The summed E-state index contributed by atoms with van der Waals surface area (Å²) in [6, 6.07) is 32.2. The van der Waals surface area contributed by atoms with E-state index in [0.29, 0.717) is 16.5 Å². The van der Waals surface area contributed by atoms with Gasteiger partial charge in [0.15, 0.2) is 5.58 Å². The fraction of sp³-hybridized carbons (Fsp3) is 0. The highest BCUT2D eigenvalue weighted by molar-refractivity contribution is 6.30. The van der Waals surface area contributed by atoms with Crippen molar-refractivity contribution in [2.24, 2.45) is 0 Å². The standard InChI is InChI=1S/C31H18ClN3O/c32-25-11-9-19(10-12-25)31-35-30-26(24-14-21-6-2-4-8-28(21)34-18-24)15-22(16-29(30)36-31)23-13-20-5-1-3-7-27(20)33-17-23/h1-18H. The van der Waals surface area contributed by atoms with Crippen LogP contribution in [0.3, 0.4) is 0 Å². The first kappa shape index (κ1) is 20.8. The minimum absolute atomic E-state index is 0.547. The van der Waals surface area contributed by atoms with Crippen LogP contribution in [0, 0.1) is 0 Å². The summed E-state index contributed by atoms with van der Waals surface area (Å²) in [6.07, 6.45) is 3.80. The zero-order valence-corrected chi connectivity index (χ0v) is 19.8. The summed E-state index contributed by atoms with van der Waals surface area (Å²) in [7, 11) is 0. The van der Waals surface area contributed by atoms with Crippen LogP contribution in [-0.2, 0) is 0 Å². The Morgan fingerprint density at radius 1 is 0.583 bits per heavy atom. The number of hydrogen-bond acceptors (Lipinski definition) is 4. The molecule has 7 rings (SSSR count). The molecule has 3 heterocycles. The molecular weight excluding hydrogens is 466 g/mol. The van der Waals surface area contributed by atoms with E-state index in [2.05, 4.69) is 35.3 Å². The number of rotatable bonds is 3. The van der Waals surface area contributed by atoms with Crippen LogP contribution in [0.5, 0.6) is 0 Å². The maximum absolute atomic E-state index is 6.30. The molecule has 0 N–H and O–H groups in total. The molecule has 7 aromatic rings. The van der Waals surface area contributed by atoms with Crippen molar-refractivity contribution in [3.8, 4) is 33.7 Å². The smallest absolute Gasteiger partial charge is 0.227 e. The van der Waals surface area contributed by atoms with E-state index in [1.807, 2.05) is 79.1 Å². The lowest BCUT2D eigenvalue weighted by atomic mass is 9.98. The van der Waals surface area contributed by atoms with Gasteiger partial charge in [0.2, 0.25) is 5.89 Å². The number of nitrogens with zero attached hydrogens (tertiary/aromatic N) is 3. The van der Waals surface area contributed by atoms with Gasteiger partial charge in [-0.05, 0) is 66.2 Å². The van der Waals surface area contributed by atoms with Crippen LogP contribution in [0.15, 0.2) is 114 Å². The van der Waals surface area contributed by atoms with Crippen molar-refractivity contribution >= 4 is 44.5 Å². The highest BCUT2D eigenvalue weighted by atomic mass is 35.5. The van der Waals surface area contributed by atoms with Gasteiger partial charge >= 0.3 is 0 Å². The number of aromatic nitrogens is 3. The monoisotopic (exact) mass is 483 g/mol. The molecule has 0 aliphatic carbocycles. The van der Waals surface area contributed by atoms with E-state index in [0.717, 1.165) is 55.1 Å². The van der Waals surface area contributed by atoms with Gasteiger partial charge in [0.1, 0.15) is 5.52 Å². The predicted octanol–water partition coefficient (Wildman–Crippen LogP) is 8.58. The summed E-state index contributed by atoms with van der Waals surface area (Å²) in [4.78, 5) is 14.3. The van der Waals surface area contributed by atoms with Crippen LogP contribution in [0.25, 0.3) is 66.6 Å². The maximum Gasteiger partial charge on any atom is 0.227 e. The molecular formula is C31H18ClN3O. The maximum atomic E-state index is 6.30. The first-order chi connectivity index (χ1) is 17.7. The van der Waals surface area contributed by atoms with Crippen molar-refractivity contribution in [1.29, 1.82) is 0 Å². The molecule has 0 saturated carbocycles. The average Bonchev–Trinajstić information content (AvgIpc) is 3.36. The first-order valence-corrected chi connectivity index (χ1v) is 12.0. The summed E-state index contributed by atoms with van der Waals surface area (Å²) >= 11 is 6.10. The lowest BCUT2D eigenvalue weighted by molar-refractivity contribution is 0.620. The topological polar surface area (TPSA) is 51.8 Å². The number of benzene rings is 4. The Kier molecular flexibility index (Phi) is 4.79. The van der Waals surface area contributed by atoms with Gasteiger partial charge in [-0.15, -0.1) is 0 Å². The van der Waals surface area contributed by atoms with Gasteiger partial charge in [0, 0.05) is 50.4 Å². The van der Waals surface area contributed by atoms with Gasteiger partial charge in [-0.3, -0.25) is 9.97 Å². The first-order valence-electron chi connectivity index (χ1n) is 11.6. The van der Waals surface area contributed by atoms with Crippen molar-refractivity contribution in [2.45, 2.75) is 0 Å². The Bertz CT molecular complexity index is 1910. The highest BCUT2D eigenvalue weighted by Crippen LogP contribution is 2.37. The van der Waals surface area contributed by atoms with Crippen LogP contribution in [0.4, 0.5) is 0 Å². The molecule has 0 unspecified atom stereocenters. The number of oxazole rings is 1. The van der Waals surface area contributed by atoms with Crippen LogP contribution < -0.4 is 0 Å². The third-order valence-electron chi connectivity index (χ3n) is 6.41. The second-order valence-corrected chi connectivity index (χ2v) is 9.17. The average molecular weight is 484 g/mol. The number of hydrogen-bond donors (Lipinski definition) is 0. The molecule has 0 saturated heterocycles. The molecule has 0 aliphatic heterocycles. The molecule has 0 radical (unpaired) electrons. The van der Waals surface area contributed by atoms with Crippen molar-refractivity contribution in [2.75, 3.05) is 0 Å². The van der Waals surface area contributed by atoms with E-state index >= 15 is 0 Å².